The van der Waals surface area contributed by atoms with Crippen molar-refractivity contribution >= 4 is 38.6 Å². The standard InChI is InChI=1S/C51H35N/c1-4-19-38(20-5-1)51(39-21-6-2-7-22-39)49-30-15-14-29-46(49)47-32-31-42(35-50(47)51)52(40-23-8-3-9-24-40)41-25-16-18-36(33-41)48-34-37-17-10-11-26-43(37)44-27-12-13-28-45(44)48/h1-35H/i3D,8D,9D,23D,24D. The Morgan fingerprint density at radius 2 is 1.00 bits per heavy atom. The predicted octanol–water partition coefficient (Wildman–Crippen LogP) is 13.5. The van der Waals surface area contributed by atoms with Crippen LogP contribution in [0.25, 0.3) is 43.8 Å². The van der Waals surface area contributed by atoms with E-state index in [1.807, 2.05) is 35.2 Å². The van der Waals surface area contributed by atoms with E-state index in [0.29, 0.717) is 11.4 Å². The van der Waals surface area contributed by atoms with E-state index in [2.05, 4.69) is 152 Å². The number of benzene rings is 9. The minimum atomic E-state index is -0.693. The number of nitrogens with zero attached hydrogens (tertiary/aromatic N) is 1. The molecule has 0 unspecified atom stereocenters. The van der Waals surface area contributed by atoms with E-state index in [-0.39, 0.29) is 29.9 Å². The molecule has 0 N–H and O–H groups in total. The zero-order valence-corrected chi connectivity index (χ0v) is 28.3. The molecule has 10 rings (SSSR count). The maximum Gasteiger partial charge on any atom is 0.0714 e. The van der Waals surface area contributed by atoms with E-state index >= 15 is 0 Å². The van der Waals surface area contributed by atoms with Crippen LogP contribution in [0.15, 0.2) is 212 Å². The van der Waals surface area contributed by atoms with Crippen LogP contribution >= 0.6 is 0 Å². The lowest BCUT2D eigenvalue weighted by Crippen LogP contribution is -2.28. The van der Waals surface area contributed by atoms with Gasteiger partial charge in [0, 0.05) is 17.1 Å². The van der Waals surface area contributed by atoms with Crippen LogP contribution in [-0.4, -0.2) is 0 Å². The number of hydrogen-bond donors (Lipinski definition) is 0. The predicted molar refractivity (Wildman–Crippen MR) is 219 cm³/mol. The largest absolute Gasteiger partial charge is 0.310 e. The summed E-state index contributed by atoms with van der Waals surface area (Å²) < 4.78 is 44.5. The molecule has 0 radical (unpaired) electrons. The molecule has 1 nitrogen and oxygen atoms in total. The summed E-state index contributed by atoms with van der Waals surface area (Å²) in [5, 5.41) is 4.55. The van der Waals surface area contributed by atoms with Crippen molar-refractivity contribution in [2.75, 3.05) is 4.90 Å². The molecule has 1 aliphatic carbocycles. The van der Waals surface area contributed by atoms with Gasteiger partial charge in [-0.05, 0) is 108 Å². The second-order valence-corrected chi connectivity index (χ2v) is 13.3. The van der Waals surface area contributed by atoms with Crippen molar-refractivity contribution in [2.45, 2.75) is 5.41 Å². The summed E-state index contributed by atoms with van der Waals surface area (Å²) in [6.45, 7) is 0. The van der Waals surface area contributed by atoms with Gasteiger partial charge in [0.2, 0.25) is 0 Å². The molecule has 9 aromatic carbocycles. The van der Waals surface area contributed by atoms with Crippen molar-refractivity contribution in [3.05, 3.63) is 234 Å². The lowest BCUT2D eigenvalue weighted by Gasteiger charge is -2.35. The SMILES string of the molecule is [2H]c1c([2H])c([2H])c(N(c2cccc(-c3cc4ccccc4c4ccccc34)c2)c2ccc3c(c2)C(c2ccccc2)(c2ccccc2)c2ccccc2-3)c([2H])c1[2H]. The average molecular weight is 667 g/mol. The molecule has 0 saturated heterocycles. The summed E-state index contributed by atoms with van der Waals surface area (Å²) in [7, 11) is 0. The molecule has 0 bridgehead atoms. The van der Waals surface area contributed by atoms with Gasteiger partial charge < -0.3 is 4.90 Å². The Morgan fingerprint density at radius 3 is 1.77 bits per heavy atom. The number of fused-ring (bicyclic) bond motifs is 6. The van der Waals surface area contributed by atoms with Crippen molar-refractivity contribution < 1.29 is 6.85 Å². The quantitative estimate of drug-likeness (QED) is 0.160. The summed E-state index contributed by atoms with van der Waals surface area (Å²) in [5.41, 5.74) is 9.38. The Bertz CT molecular complexity index is 2960. The van der Waals surface area contributed by atoms with Crippen LogP contribution < -0.4 is 4.90 Å². The molecule has 0 aliphatic heterocycles. The van der Waals surface area contributed by atoms with Crippen LogP contribution in [-0.2, 0) is 5.41 Å². The molecule has 0 aromatic heterocycles. The maximum absolute atomic E-state index is 9.27. The summed E-state index contributed by atoms with van der Waals surface area (Å²) in [5.74, 6) is 0. The molecule has 0 fully saturated rings. The maximum atomic E-state index is 9.27. The third-order valence-corrected chi connectivity index (χ3v) is 10.6. The first kappa shape index (κ1) is 25.3. The topological polar surface area (TPSA) is 3.24 Å². The second-order valence-electron chi connectivity index (χ2n) is 13.3. The minimum Gasteiger partial charge on any atom is -0.310 e. The second kappa shape index (κ2) is 12.3. The first-order chi connectivity index (χ1) is 27.9. The monoisotopic (exact) mass is 666 g/mol. The third kappa shape index (κ3) is 4.63. The van der Waals surface area contributed by atoms with Crippen LogP contribution in [0.5, 0.6) is 0 Å². The van der Waals surface area contributed by atoms with Gasteiger partial charge in [-0.3, -0.25) is 0 Å². The summed E-state index contributed by atoms with van der Waals surface area (Å²) in [6, 6.07) is 61.3. The summed E-state index contributed by atoms with van der Waals surface area (Å²) >= 11 is 0. The van der Waals surface area contributed by atoms with Crippen LogP contribution in [0, 0.1) is 0 Å². The normalized spacial score (nSPS) is 14.1. The van der Waals surface area contributed by atoms with Crippen LogP contribution in [0.4, 0.5) is 17.1 Å². The zero-order chi connectivity index (χ0) is 38.8. The Kier molecular flexibility index (Phi) is 5.96. The number of anilines is 3. The number of hydrogen-bond acceptors (Lipinski definition) is 1. The van der Waals surface area contributed by atoms with Crippen molar-refractivity contribution in [1.82, 2.24) is 0 Å². The number of rotatable bonds is 6. The van der Waals surface area contributed by atoms with Gasteiger partial charge in [-0.1, -0.05) is 170 Å². The fraction of sp³-hybridized carbons (Fsp3) is 0.0196. The Labute approximate surface area is 311 Å². The van der Waals surface area contributed by atoms with E-state index in [1.54, 1.807) is 0 Å². The summed E-state index contributed by atoms with van der Waals surface area (Å²) in [4.78, 5) is 1.84. The first-order valence-corrected chi connectivity index (χ1v) is 17.6. The van der Waals surface area contributed by atoms with Gasteiger partial charge in [0.25, 0.3) is 0 Å². The van der Waals surface area contributed by atoms with Gasteiger partial charge in [-0.15, -0.1) is 0 Å². The molecule has 9 aromatic rings. The molecular formula is C51H35N. The van der Waals surface area contributed by atoms with E-state index < -0.39 is 11.5 Å². The lowest BCUT2D eigenvalue weighted by atomic mass is 9.67. The van der Waals surface area contributed by atoms with E-state index in [4.69, 9.17) is 4.11 Å². The van der Waals surface area contributed by atoms with Gasteiger partial charge in [-0.2, -0.15) is 0 Å². The highest BCUT2D eigenvalue weighted by Crippen LogP contribution is 2.57. The molecule has 1 heteroatoms. The molecule has 1 aliphatic rings. The Morgan fingerprint density at radius 1 is 0.385 bits per heavy atom. The first-order valence-electron chi connectivity index (χ1n) is 20.1. The minimum absolute atomic E-state index is 0.0852. The zero-order valence-electron chi connectivity index (χ0n) is 33.3. The van der Waals surface area contributed by atoms with Gasteiger partial charge >= 0.3 is 0 Å². The highest BCUT2D eigenvalue weighted by atomic mass is 15.1. The van der Waals surface area contributed by atoms with Gasteiger partial charge in [0.15, 0.2) is 0 Å². The Hall–Kier alpha value is -6.70. The average Bonchev–Trinajstić information content (AvgIpc) is 3.57. The van der Waals surface area contributed by atoms with E-state index in [9.17, 15) is 2.74 Å². The van der Waals surface area contributed by atoms with Crippen LogP contribution in [0.1, 0.15) is 29.1 Å². The fourth-order valence-corrected chi connectivity index (χ4v) is 8.44. The van der Waals surface area contributed by atoms with Crippen molar-refractivity contribution in [1.29, 1.82) is 0 Å². The Balaban J connectivity index is 1.27. The van der Waals surface area contributed by atoms with Crippen LogP contribution in [0.2, 0.25) is 0 Å². The molecule has 0 heterocycles. The van der Waals surface area contributed by atoms with Gasteiger partial charge in [0.05, 0.1) is 12.3 Å². The number of para-hydroxylation sites is 1. The van der Waals surface area contributed by atoms with Gasteiger partial charge in [-0.25, -0.2) is 0 Å². The highest BCUT2D eigenvalue weighted by molar-refractivity contribution is 6.14. The molecular weight excluding hydrogens is 627 g/mol. The summed E-state index contributed by atoms with van der Waals surface area (Å²) in [6.07, 6.45) is 0. The highest BCUT2D eigenvalue weighted by Gasteiger charge is 2.46. The molecule has 0 amide bonds. The van der Waals surface area contributed by atoms with Crippen molar-refractivity contribution in [2.24, 2.45) is 0 Å². The molecule has 0 atom stereocenters. The van der Waals surface area contributed by atoms with Crippen molar-refractivity contribution in [3.8, 4) is 22.3 Å². The van der Waals surface area contributed by atoms with Crippen molar-refractivity contribution in [3.63, 3.8) is 0 Å². The fourth-order valence-electron chi connectivity index (χ4n) is 8.44. The molecule has 0 spiro atoms. The van der Waals surface area contributed by atoms with Crippen LogP contribution in [0.3, 0.4) is 0 Å². The van der Waals surface area contributed by atoms with Gasteiger partial charge in [0.1, 0.15) is 0 Å². The molecule has 244 valence electrons. The third-order valence-electron chi connectivity index (χ3n) is 10.6. The molecule has 0 saturated carbocycles. The van der Waals surface area contributed by atoms with E-state index in [0.717, 1.165) is 60.7 Å². The smallest absolute Gasteiger partial charge is 0.0714 e. The van der Waals surface area contributed by atoms with E-state index in [1.165, 1.54) is 5.39 Å². The lowest BCUT2D eigenvalue weighted by molar-refractivity contribution is 0.768. The molecule has 52 heavy (non-hydrogen) atoms.